The number of alkyl halides is 1. The van der Waals surface area contributed by atoms with Crippen LogP contribution in [-0.2, 0) is 11.3 Å². The van der Waals surface area contributed by atoms with Crippen molar-refractivity contribution in [3.05, 3.63) is 35.9 Å². The van der Waals surface area contributed by atoms with Crippen LogP contribution < -0.4 is 5.73 Å². The molecule has 3 fully saturated rings. The van der Waals surface area contributed by atoms with Crippen LogP contribution in [0.5, 0.6) is 0 Å². The van der Waals surface area contributed by atoms with Crippen molar-refractivity contribution < 1.29 is 9.18 Å². The highest BCUT2D eigenvalue weighted by Crippen LogP contribution is 2.48. The lowest BCUT2D eigenvalue weighted by Crippen LogP contribution is -2.75. The number of piperidine rings is 2. The summed E-state index contributed by atoms with van der Waals surface area (Å²) in [4.78, 5) is 13.6. The van der Waals surface area contributed by atoms with Gasteiger partial charge in [0, 0.05) is 19.4 Å². The maximum Gasteiger partial charge on any atom is 0.243 e. The number of carbonyl (C=O) groups is 1. The predicted octanol–water partition coefficient (Wildman–Crippen LogP) is 1.23. The molecule has 2 bridgehead atoms. The molecule has 2 aliphatic heterocycles. The Bertz CT molecular complexity index is 454. The summed E-state index contributed by atoms with van der Waals surface area (Å²) in [5, 5.41) is 0. The van der Waals surface area contributed by atoms with Gasteiger partial charge >= 0.3 is 0 Å². The van der Waals surface area contributed by atoms with E-state index in [1.165, 1.54) is 0 Å². The molecule has 3 nitrogen and oxygen atoms in total. The van der Waals surface area contributed by atoms with Crippen molar-refractivity contribution in [3.8, 4) is 0 Å². The smallest absolute Gasteiger partial charge is 0.243 e. The van der Waals surface area contributed by atoms with E-state index >= 15 is 0 Å². The summed E-state index contributed by atoms with van der Waals surface area (Å²) in [6.45, 7) is 0.629. The van der Waals surface area contributed by atoms with E-state index in [1.54, 1.807) is 4.90 Å². The second-order valence-electron chi connectivity index (χ2n) is 5.31. The quantitative estimate of drug-likeness (QED) is 0.836. The van der Waals surface area contributed by atoms with Crippen LogP contribution >= 0.6 is 0 Å². The summed E-state index contributed by atoms with van der Waals surface area (Å²) in [5.74, 6) is -0.110. The standard InChI is InChI=1S/C13H15FN2O/c14-12-7-13(15,8-12)11(17)16(9-12)6-10-4-2-1-3-5-10/h1-5H,6-9,15H2. The fourth-order valence-electron chi connectivity index (χ4n) is 3.00. The lowest BCUT2D eigenvalue weighted by Gasteiger charge is -2.56. The summed E-state index contributed by atoms with van der Waals surface area (Å²) in [6, 6.07) is 9.60. The zero-order chi connectivity index (χ0) is 12.1. The molecular weight excluding hydrogens is 219 g/mol. The minimum Gasteiger partial charge on any atom is -0.334 e. The van der Waals surface area contributed by atoms with E-state index in [2.05, 4.69) is 0 Å². The van der Waals surface area contributed by atoms with Gasteiger partial charge in [0.1, 0.15) is 11.2 Å². The highest BCUT2D eigenvalue weighted by Gasteiger charge is 2.63. The fraction of sp³-hybridized carbons (Fsp3) is 0.462. The molecular formula is C13H15FN2O. The Balaban J connectivity index is 1.79. The van der Waals surface area contributed by atoms with Gasteiger partial charge in [-0.15, -0.1) is 0 Å². The highest BCUT2D eigenvalue weighted by molar-refractivity contribution is 5.89. The van der Waals surface area contributed by atoms with Crippen molar-refractivity contribution in [2.24, 2.45) is 5.73 Å². The van der Waals surface area contributed by atoms with Crippen molar-refractivity contribution in [3.63, 3.8) is 0 Å². The zero-order valence-electron chi connectivity index (χ0n) is 9.53. The summed E-state index contributed by atoms with van der Waals surface area (Å²) >= 11 is 0. The zero-order valence-corrected chi connectivity index (χ0v) is 9.53. The Morgan fingerprint density at radius 2 is 1.94 bits per heavy atom. The second-order valence-corrected chi connectivity index (χ2v) is 5.31. The molecule has 1 amide bonds. The van der Waals surface area contributed by atoms with Gasteiger partial charge in [-0.3, -0.25) is 4.79 Å². The van der Waals surface area contributed by atoms with Crippen LogP contribution in [0.15, 0.2) is 30.3 Å². The molecule has 0 unspecified atom stereocenters. The fourth-order valence-corrected chi connectivity index (χ4v) is 3.00. The maximum atomic E-state index is 14.0. The van der Waals surface area contributed by atoms with E-state index in [0.29, 0.717) is 6.54 Å². The van der Waals surface area contributed by atoms with Gasteiger partial charge < -0.3 is 10.6 Å². The lowest BCUT2D eigenvalue weighted by molar-refractivity contribution is -0.168. The first-order chi connectivity index (χ1) is 8.01. The van der Waals surface area contributed by atoms with Crippen molar-refractivity contribution in [1.82, 2.24) is 4.90 Å². The van der Waals surface area contributed by atoms with Crippen LogP contribution in [0.3, 0.4) is 0 Å². The molecule has 4 rings (SSSR count). The Morgan fingerprint density at radius 3 is 2.59 bits per heavy atom. The first-order valence-corrected chi connectivity index (χ1v) is 5.82. The van der Waals surface area contributed by atoms with E-state index < -0.39 is 11.2 Å². The van der Waals surface area contributed by atoms with Crippen LogP contribution in [0.2, 0.25) is 0 Å². The van der Waals surface area contributed by atoms with Gasteiger partial charge in [-0.1, -0.05) is 30.3 Å². The van der Waals surface area contributed by atoms with Crippen LogP contribution in [0.4, 0.5) is 4.39 Å². The van der Waals surface area contributed by atoms with Crippen molar-refractivity contribution in [1.29, 1.82) is 0 Å². The molecule has 1 aliphatic carbocycles. The number of carbonyl (C=O) groups excluding carboxylic acids is 1. The van der Waals surface area contributed by atoms with Gasteiger partial charge in [-0.05, 0) is 5.56 Å². The van der Waals surface area contributed by atoms with E-state index in [9.17, 15) is 9.18 Å². The first-order valence-electron chi connectivity index (χ1n) is 5.82. The molecule has 17 heavy (non-hydrogen) atoms. The van der Waals surface area contributed by atoms with Crippen molar-refractivity contribution in [2.75, 3.05) is 6.54 Å². The third kappa shape index (κ3) is 1.63. The SMILES string of the molecule is NC12CC(F)(CN(Cc3ccccc3)C1=O)C2. The Hall–Kier alpha value is -1.42. The molecule has 1 saturated carbocycles. The number of hydrogen-bond acceptors (Lipinski definition) is 2. The van der Waals surface area contributed by atoms with Crippen LogP contribution in [0, 0.1) is 0 Å². The molecule has 0 aromatic heterocycles. The molecule has 2 heterocycles. The van der Waals surface area contributed by atoms with Crippen LogP contribution in [0.25, 0.3) is 0 Å². The number of nitrogens with two attached hydrogens (primary N) is 1. The minimum atomic E-state index is -1.25. The highest BCUT2D eigenvalue weighted by atomic mass is 19.1. The Morgan fingerprint density at radius 1 is 1.29 bits per heavy atom. The van der Waals surface area contributed by atoms with E-state index in [4.69, 9.17) is 5.73 Å². The predicted molar refractivity (Wildman–Crippen MR) is 61.9 cm³/mol. The number of amides is 1. The molecule has 0 radical (unpaired) electrons. The van der Waals surface area contributed by atoms with Gasteiger partial charge in [-0.25, -0.2) is 4.39 Å². The average molecular weight is 234 g/mol. The molecule has 3 aliphatic rings. The van der Waals surface area contributed by atoms with Crippen molar-refractivity contribution in [2.45, 2.75) is 30.6 Å². The normalized spacial score (nSPS) is 35.6. The Kier molecular flexibility index (Phi) is 2.08. The van der Waals surface area contributed by atoms with Crippen LogP contribution in [0.1, 0.15) is 18.4 Å². The van der Waals surface area contributed by atoms with E-state index in [1.807, 2.05) is 30.3 Å². The number of benzene rings is 1. The number of nitrogens with zero attached hydrogens (tertiary/aromatic N) is 1. The van der Waals surface area contributed by atoms with E-state index in [0.717, 1.165) is 5.56 Å². The topological polar surface area (TPSA) is 46.3 Å². The molecule has 0 spiro atoms. The monoisotopic (exact) mass is 234 g/mol. The summed E-state index contributed by atoms with van der Waals surface area (Å²) in [7, 11) is 0. The third-order valence-electron chi connectivity index (χ3n) is 3.67. The molecule has 1 aromatic rings. The molecule has 0 atom stereocenters. The van der Waals surface area contributed by atoms with Gasteiger partial charge in [0.15, 0.2) is 0 Å². The summed E-state index contributed by atoms with van der Waals surface area (Å²) < 4.78 is 14.0. The average Bonchev–Trinajstić information content (AvgIpc) is 2.24. The second kappa shape index (κ2) is 3.29. The maximum absolute atomic E-state index is 14.0. The van der Waals surface area contributed by atoms with Gasteiger partial charge in [0.2, 0.25) is 5.91 Å². The molecule has 2 N–H and O–H groups in total. The van der Waals surface area contributed by atoms with Gasteiger partial charge in [-0.2, -0.15) is 0 Å². The number of hydrogen-bond donors (Lipinski definition) is 1. The minimum absolute atomic E-state index is 0.110. The largest absolute Gasteiger partial charge is 0.334 e. The number of halogens is 1. The number of rotatable bonds is 2. The summed E-state index contributed by atoms with van der Waals surface area (Å²) in [6.07, 6.45) is 0.369. The van der Waals surface area contributed by atoms with Gasteiger partial charge in [0.25, 0.3) is 0 Å². The molecule has 4 heteroatoms. The van der Waals surface area contributed by atoms with Crippen LogP contribution in [-0.4, -0.2) is 28.6 Å². The van der Waals surface area contributed by atoms with Crippen molar-refractivity contribution >= 4 is 5.91 Å². The molecule has 2 saturated heterocycles. The third-order valence-corrected chi connectivity index (χ3v) is 3.67. The van der Waals surface area contributed by atoms with E-state index in [-0.39, 0.29) is 25.3 Å². The first kappa shape index (κ1) is 10.7. The Labute approximate surface area is 99.4 Å². The molecule has 90 valence electrons. The lowest BCUT2D eigenvalue weighted by atomic mass is 9.62. The molecule has 1 aromatic carbocycles. The number of fused-ring (bicyclic) bond motifs is 2. The van der Waals surface area contributed by atoms with Gasteiger partial charge in [0.05, 0.1) is 6.54 Å². The summed E-state index contributed by atoms with van der Waals surface area (Å²) in [5.41, 5.74) is 4.70.